The largest absolute Gasteiger partial charge is 0.487 e. The van der Waals surface area contributed by atoms with Gasteiger partial charge in [0.1, 0.15) is 11.4 Å². The summed E-state index contributed by atoms with van der Waals surface area (Å²) >= 11 is 0. The van der Waals surface area contributed by atoms with Crippen molar-refractivity contribution < 1.29 is 4.74 Å². The highest BCUT2D eigenvalue weighted by atomic mass is 16.5. The highest BCUT2D eigenvalue weighted by Gasteiger charge is 2.43. The van der Waals surface area contributed by atoms with Crippen LogP contribution in [0.5, 0.6) is 5.75 Å². The van der Waals surface area contributed by atoms with Crippen molar-refractivity contribution in [1.29, 1.82) is 0 Å². The van der Waals surface area contributed by atoms with E-state index in [4.69, 9.17) is 10.5 Å². The lowest BCUT2D eigenvalue weighted by Gasteiger charge is -2.46. The van der Waals surface area contributed by atoms with E-state index in [1.54, 1.807) is 0 Å². The van der Waals surface area contributed by atoms with Gasteiger partial charge in [0.05, 0.1) is 0 Å². The van der Waals surface area contributed by atoms with Crippen LogP contribution in [0.2, 0.25) is 0 Å². The Morgan fingerprint density at radius 3 is 2.38 bits per heavy atom. The van der Waals surface area contributed by atoms with Gasteiger partial charge in [0, 0.05) is 24.1 Å². The van der Waals surface area contributed by atoms with E-state index in [0.29, 0.717) is 5.92 Å². The zero-order valence-electron chi connectivity index (χ0n) is 14.4. The molecule has 1 aromatic carbocycles. The van der Waals surface area contributed by atoms with Crippen molar-refractivity contribution in [2.24, 2.45) is 11.7 Å². The van der Waals surface area contributed by atoms with Gasteiger partial charge < -0.3 is 15.4 Å². The molecule has 1 aliphatic rings. The summed E-state index contributed by atoms with van der Waals surface area (Å²) < 4.78 is 6.40. The number of rotatable bonds is 4. The molecule has 3 heteroatoms. The summed E-state index contributed by atoms with van der Waals surface area (Å²) in [5.41, 5.74) is 10.0. The Balaban J connectivity index is 2.39. The van der Waals surface area contributed by atoms with Gasteiger partial charge in [0.2, 0.25) is 0 Å². The van der Waals surface area contributed by atoms with Crippen LogP contribution in [0.4, 0.5) is 0 Å². The summed E-state index contributed by atoms with van der Waals surface area (Å²) in [7, 11) is 0. The molecule has 0 saturated heterocycles. The number of nitrogens with two attached hydrogens (primary N) is 1. The van der Waals surface area contributed by atoms with Crippen LogP contribution in [0.25, 0.3) is 0 Å². The summed E-state index contributed by atoms with van der Waals surface area (Å²) in [5.74, 6) is 1.30. The van der Waals surface area contributed by atoms with Crippen molar-refractivity contribution in [2.75, 3.05) is 19.6 Å². The molecule has 118 valence electrons. The van der Waals surface area contributed by atoms with Crippen LogP contribution in [0.3, 0.4) is 0 Å². The number of hydrogen-bond acceptors (Lipinski definition) is 3. The number of benzene rings is 1. The molecule has 1 heterocycles. The molecule has 2 atom stereocenters. The van der Waals surface area contributed by atoms with Gasteiger partial charge in [-0.3, -0.25) is 0 Å². The molecule has 1 aliphatic heterocycles. The molecule has 21 heavy (non-hydrogen) atoms. The number of hydrogen-bond donors (Lipinski definition) is 1. The maximum absolute atomic E-state index is 6.64. The smallest absolute Gasteiger partial charge is 0.128 e. The first kappa shape index (κ1) is 16.3. The van der Waals surface area contributed by atoms with Crippen LogP contribution < -0.4 is 10.5 Å². The zero-order valence-corrected chi connectivity index (χ0v) is 14.4. The fourth-order valence-electron chi connectivity index (χ4n) is 3.29. The standard InChI is InChI=1S/C18H30N2O/c1-7-20(8-2)11-15-16(19)14-10-9-12(3)13(4)17(14)21-18(15,5)6/h9-10,15-16H,7-8,11,19H2,1-6H3. The van der Waals surface area contributed by atoms with Crippen LogP contribution in [-0.2, 0) is 0 Å². The fourth-order valence-corrected chi connectivity index (χ4v) is 3.29. The summed E-state index contributed by atoms with van der Waals surface area (Å²) in [4.78, 5) is 2.43. The topological polar surface area (TPSA) is 38.5 Å². The SMILES string of the molecule is CCN(CC)CC1C(N)c2ccc(C)c(C)c2OC1(C)C. The second-order valence-electron chi connectivity index (χ2n) is 6.75. The van der Waals surface area contributed by atoms with Gasteiger partial charge in [0.25, 0.3) is 0 Å². The fraction of sp³-hybridized carbons (Fsp3) is 0.667. The van der Waals surface area contributed by atoms with Crippen molar-refractivity contribution in [3.63, 3.8) is 0 Å². The van der Waals surface area contributed by atoms with Crippen molar-refractivity contribution in [1.82, 2.24) is 4.90 Å². The number of ether oxygens (including phenoxy) is 1. The molecular weight excluding hydrogens is 260 g/mol. The lowest BCUT2D eigenvalue weighted by molar-refractivity contribution is -0.00596. The Hall–Kier alpha value is -1.06. The molecule has 1 aromatic rings. The maximum Gasteiger partial charge on any atom is 0.128 e. The van der Waals surface area contributed by atoms with E-state index in [0.717, 1.165) is 30.9 Å². The van der Waals surface area contributed by atoms with E-state index < -0.39 is 0 Å². The van der Waals surface area contributed by atoms with E-state index in [-0.39, 0.29) is 11.6 Å². The molecule has 2 rings (SSSR count). The van der Waals surface area contributed by atoms with Gasteiger partial charge in [0.15, 0.2) is 0 Å². The Bertz CT molecular complexity index is 506. The van der Waals surface area contributed by atoms with Crippen LogP contribution >= 0.6 is 0 Å². The van der Waals surface area contributed by atoms with Gasteiger partial charge in [-0.05, 0) is 51.9 Å². The van der Waals surface area contributed by atoms with Crippen LogP contribution in [0.15, 0.2) is 12.1 Å². The molecule has 0 bridgehead atoms. The van der Waals surface area contributed by atoms with Crippen LogP contribution in [-0.4, -0.2) is 30.1 Å². The summed E-state index contributed by atoms with van der Waals surface area (Å²) in [5, 5.41) is 0. The van der Waals surface area contributed by atoms with Gasteiger partial charge in [-0.15, -0.1) is 0 Å². The van der Waals surface area contributed by atoms with Gasteiger partial charge in [-0.25, -0.2) is 0 Å². The van der Waals surface area contributed by atoms with E-state index in [9.17, 15) is 0 Å². The minimum Gasteiger partial charge on any atom is -0.487 e. The molecule has 0 radical (unpaired) electrons. The first-order valence-corrected chi connectivity index (χ1v) is 8.08. The van der Waals surface area contributed by atoms with E-state index in [2.05, 4.69) is 58.6 Å². The molecule has 0 saturated carbocycles. The first-order chi connectivity index (χ1) is 9.81. The van der Waals surface area contributed by atoms with Crippen molar-refractivity contribution in [2.45, 2.75) is 53.2 Å². The third kappa shape index (κ3) is 2.95. The molecule has 3 nitrogen and oxygen atoms in total. The normalized spacial score (nSPS) is 23.8. The Morgan fingerprint density at radius 2 is 1.81 bits per heavy atom. The molecular formula is C18H30N2O. The minimum absolute atomic E-state index is 0.0312. The zero-order chi connectivity index (χ0) is 15.8. The van der Waals surface area contributed by atoms with Crippen molar-refractivity contribution >= 4 is 0 Å². The number of nitrogens with zero attached hydrogens (tertiary/aromatic N) is 1. The number of fused-ring (bicyclic) bond motifs is 1. The van der Waals surface area contributed by atoms with Crippen molar-refractivity contribution in [3.05, 3.63) is 28.8 Å². The van der Waals surface area contributed by atoms with Crippen molar-refractivity contribution in [3.8, 4) is 5.75 Å². The predicted molar refractivity (Wildman–Crippen MR) is 88.8 cm³/mol. The van der Waals surface area contributed by atoms with Gasteiger partial charge in [-0.1, -0.05) is 26.0 Å². The lowest BCUT2D eigenvalue weighted by Crippen LogP contribution is -2.52. The third-order valence-corrected chi connectivity index (χ3v) is 5.11. The van der Waals surface area contributed by atoms with E-state index in [1.807, 2.05) is 0 Å². The summed E-state index contributed by atoms with van der Waals surface area (Å²) in [6.45, 7) is 16.1. The molecule has 2 unspecified atom stereocenters. The van der Waals surface area contributed by atoms with Crippen LogP contribution in [0.1, 0.15) is 50.4 Å². The summed E-state index contributed by atoms with van der Waals surface area (Å²) in [6.07, 6.45) is 0. The van der Waals surface area contributed by atoms with E-state index in [1.165, 1.54) is 11.1 Å². The Kier molecular flexibility index (Phi) is 4.64. The molecule has 0 fully saturated rings. The predicted octanol–water partition coefficient (Wildman–Crippen LogP) is 3.43. The average molecular weight is 290 g/mol. The molecule has 0 spiro atoms. The average Bonchev–Trinajstić information content (AvgIpc) is 2.43. The molecule has 0 amide bonds. The second kappa shape index (κ2) is 5.98. The second-order valence-corrected chi connectivity index (χ2v) is 6.75. The highest BCUT2D eigenvalue weighted by molar-refractivity contribution is 5.49. The minimum atomic E-state index is -0.242. The lowest BCUT2D eigenvalue weighted by atomic mass is 9.77. The molecule has 2 N–H and O–H groups in total. The molecule has 0 aliphatic carbocycles. The first-order valence-electron chi connectivity index (χ1n) is 8.08. The highest BCUT2D eigenvalue weighted by Crippen LogP contribution is 2.44. The van der Waals surface area contributed by atoms with E-state index >= 15 is 0 Å². The van der Waals surface area contributed by atoms with Gasteiger partial charge >= 0.3 is 0 Å². The Morgan fingerprint density at radius 1 is 1.19 bits per heavy atom. The van der Waals surface area contributed by atoms with Gasteiger partial charge in [-0.2, -0.15) is 0 Å². The Labute approximate surface area is 129 Å². The summed E-state index contributed by atoms with van der Waals surface area (Å²) in [6, 6.07) is 4.33. The van der Waals surface area contributed by atoms with Crippen LogP contribution in [0, 0.1) is 19.8 Å². The maximum atomic E-state index is 6.64. The number of aryl methyl sites for hydroxylation is 1. The third-order valence-electron chi connectivity index (χ3n) is 5.11. The monoisotopic (exact) mass is 290 g/mol. The molecule has 0 aromatic heterocycles. The quantitative estimate of drug-likeness (QED) is 0.923.